The van der Waals surface area contributed by atoms with Crippen LogP contribution in [-0.4, -0.2) is 35.2 Å². The van der Waals surface area contributed by atoms with Crippen molar-refractivity contribution in [1.82, 2.24) is 15.0 Å². The summed E-state index contributed by atoms with van der Waals surface area (Å²) in [6.07, 6.45) is 1.14. The summed E-state index contributed by atoms with van der Waals surface area (Å²) in [6.45, 7) is 4.03. The van der Waals surface area contributed by atoms with Gasteiger partial charge in [-0.1, -0.05) is 5.16 Å². The fraction of sp³-hybridized carbons (Fsp3) is 0.750. The fourth-order valence-corrected chi connectivity index (χ4v) is 1.62. The third-order valence-electron chi connectivity index (χ3n) is 2.28. The van der Waals surface area contributed by atoms with E-state index in [4.69, 9.17) is 4.52 Å². The van der Waals surface area contributed by atoms with Crippen LogP contribution in [0.1, 0.15) is 24.1 Å². The molecule has 2 rings (SSSR count). The first-order valence-electron chi connectivity index (χ1n) is 4.24. The van der Waals surface area contributed by atoms with Crippen LogP contribution in [0.15, 0.2) is 4.52 Å². The van der Waals surface area contributed by atoms with E-state index in [-0.39, 0.29) is 0 Å². The summed E-state index contributed by atoms with van der Waals surface area (Å²) in [4.78, 5) is 6.50. The third kappa shape index (κ3) is 1.34. The van der Waals surface area contributed by atoms with Crippen LogP contribution in [0.25, 0.3) is 0 Å². The van der Waals surface area contributed by atoms with Crippen LogP contribution in [0.5, 0.6) is 0 Å². The van der Waals surface area contributed by atoms with Gasteiger partial charge in [0.05, 0.1) is 5.92 Å². The Morgan fingerprint density at radius 1 is 1.58 bits per heavy atom. The molecule has 1 aromatic rings. The molecular formula is C8H13N3O. The van der Waals surface area contributed by atoms with E-state index < -0.39 is 0 Å². The van der Waals surface area contributed by atoms with E-state index in [1.54, 1.807) is 0 Å². The second kappa shape index (κ2) is 2.86. The van der Waals surface area contributed by atoms with Crippen molar-refractivity contribution in [1.29, 1.82) is 0 Å². The maximum atomic E-state index is 5.11. The fourth-order valence-electron chi connectivity index (χ4n) is 1.62. The maximum Gasteiger partial charge on any atom is 0.231 e. The van der Waals surface area contributed by atoms with Gasteiger partial charge in [0.1, 0.15) is 0 Å². The largest absolute Gasteiger partial charge is 0.339 e. The van der Waals surface area contributed by atoms with E-state index in [1.165, 1.54) is 0 Å². The monoisotopic (exact) mass is 167 g/mol. The van der Waals surface area contributed by atoms with E-state index in [9.17, 15) is 0 Å². The minimum atomic E-state index is 0.455. The van der Waals surface area contributed by atoms with Crippen molar-refractivity contribution in [3.63, 3.8) is 0 Å². The molecule has 12 heavy (non-hydrogen) atoms. The third-order valence-corrected chi connectivity index (χ3v) is 2.28. The number of hydrogen-bond acceptors (Lipinski definition) is 4. The van der Waals surface area contributed by atoms with Gasteiger partial charge in [0.25, 0.3) is 0 Å². The van der Waals surface area contributed by atoms with Gasteiger partial charge in [-0.2, -0.15) is 4.98 Å². The number of aromatic nitrogens is 2. The minimum absolute atomic E-state index is 0.455. The minimum Gasteiger partial charge on any atom is -0.339 e. The number of hydrogen-bond donors (Lipinski definition) is 0. The predicted molar refractivity (Wildman–Crippen MR) is 43.9 cm³/mol. The van der Waals surface area contributed by atoms with Crippen molar-refractivity contribution in [3.8, 4) is 0 Å². The Bertz CT molecular complexity index is 271. The number of rotatable bonds is 1. The summed E-state index contributed by atoms with van der Waals surface area (Å²) < 4.78 is 5.11. The second-order valence-electron chi connectivity index (χ2n) is 3.43. The van der Waals surface area contributed by atoms with Gasteiger partial charge < -0.3 is 9.42 Å². The van der Waals surface area contributed by atoms with Gasteiger partial charge in [0.15, 0.2) is 5.82 Å². The van der Waals surface area contributed by atoms with Gasteiger partial charge in [-0.3, -0.25) is 0 Å². The van der Waals surface area contributed by atoms with Gasteiger partial charge in [-0.05, 0) is 26.9 Å². The van der Waals surface area contributed by atoms with Crippen LogP contribution in [0.3, 0.4) is 0 Å². The molecule has 2 heterocycles. The molecule has 0 radical (unpaired) electrons. The first-order chi connectivity index (χ1) is 5.75. The molecule has 1 aromatic heterocycles. The van der Waals surface area contributed by atoms with E-state index in [0.29, 0.717) is 5.92 Å². The van der Waals surface area contributed by atoms with Crippen LogP contribution >= 0.6 is 0 Å². The molecule has 0 aliphatic carbocycles. The summed E-state index contributed by atoms with van der Waals surface area (Å²) in [5.41, 5.74) is 0. The Balaban J connectivity index is 2.11. The van der Waals surface area contributed by atoms with Gasteiger partial charge in [0.2, 0.25) is 5.89 Å². The Hall–Kier alpha value is -0.900. The highest BCUT2D eigenvalue weighted by molar-refractivity contribution is 4.97. The quantitative estimate of drug-likeness (QED) is 0.620. The van der Waals surface area contributed by atoms with Crippen molar-refractivity contribution in [3.05, 3.63) is 11.7 Å². The highest BCUT2D eigenvalue weighted by Gasteiger charge is 2.25. The Labute approximate surface area is 71.6 Å². The van der Waals surface area contributed by atoms with Gasteiger partial charge in [-0.25, -0.2) is 0 Å². The zero-order valence-electron chi connectivity index (χ0n) is 7.45. The summed E-state index contributed by atoms with van der Waals surface area (Å²) in [7, 11) is 2.11. The zero-order chi connectivity index (χ0) is 8.55. The van der Waals surface area contributed by atoms with E-state index >= 15 is 0 Å². The molecule has 66 valence electrons. The van der Waals surface area contributed by atoms with Crippen molar-refractivity contribution < 1.29 is 4.52 Å². The molecule has 0 aromatic carbocycles. The molecule has 1 atom stereocenters. The van der Waals surface area contributed by atoms with Crippen LogP contribution in [0.2, 0.25) is 0 Å². The summed E-state index contributed by atoms with van der Waals surface area (Å²) in [5, 5.41) is 3.78. The van der Waals surface area contributed by atoms with Gasteiger partial charge in [0, 0.05) is 6.54 Å². The number of likely N-dealkylation sites (tertiary alicyclic amines) is 1. The number of likely N-dealkylation sites (N-methyl/N-ethyl adjacent to an activating group) is 1. The molecule has 1 fully saturated rings. The number of aryl methyl sites for hydroxylation is 1. The number of nitrogens with zero attached hydrogens (tertiary/aromatic N) is 3. The lowest BCUT2D eigenvalue weighted by Crippen LogP contribution is -2.13. The molecule has 1 saturated heterocycles. The first-order valence-corrected chi connectivity index (χ1v) is 4.24. The molecule has 1 aliphatic rings. The zero-order valence-corrected chi connectivity index (χ0v) is 7.45. The van der Waals surface area contributed by atoms with E-state index in [0.717, 1.165) is 31.2 Å². The van der Waals surface area contributed by atoms with E-state index in [1.807, 2.05) is 6.92 Å². The normalized spacial score (nSPS) is 25.0. The summed E-state index contributed by atoms with van der Waals surface area (Å²) in [6, 6.07) is 0. The summed E-state index contributed by atoms with van der Waals surface area (Å²) >= 11 is 0. The SMILES string of the molecule is Cc1noc([C@@H]2CCN(C)C2)n1. The average Bonchev–Trinajstić information content (AvgIpc) is 2.58. The molecule has 4 nitrogen and oxygen atoms in total. The second-order valence-corrected chi connectivity index (χ2v) is 3.43. The molecule has 0 saturated carbocycles. The van der Waals surface area contributed by atoms with Crippen molar-refractivity contribution in [2.45, 2.75) is 19.3 Å². The molecule has 0 bridgehead atoms. The first kappa shape index (κ1) is 7.73. The average molecular weight is 167 g/mol. The standard InChI is InChI=1S/C8H13N3O/c1-6-9-8(12-10-6)7-3-4-11(2)5-7/h7H,3-5H2,1-2H3/t7-/m1/s1. The lowest BCUT2D eigenvalue weighted by atomic mass is 10.1. The van der Waals surface area contributed by atoms with Crippen molar-refractivity contribution in [2.75, 3.05) is 20.1 Å². The maximum absolute atomic E-state index is 5.11. The van der Waals surface area contributed by atoms with Crippen molar-refractivity contribution in [2.24, 2.45) is 0 Å². The van der Waals surface area contributed by atoms with Crippen molar-refractivity contribution >= 4 is 0 Å². The molecular weight excluding hydrogens is 154 g/mol. The molecule has 0 spiro atoms. The molecule has 1 aliphatic heterocycles. The highest BCUT2D eigenvalue weighted by Crippen LogP contribution is 2.24. The lowest BCUT2D eigenvalue weighted by molar-refractivity contribution is 0.342. The van der Waals surface area contributed by atoms with Crippen LogP contribution in [-0.2, 0) is 0 Å². The van der Waals surface area contributed by atoms with E-state index in [2.05, 4.69) is 22.1 Å². The molecule has 0 N–H and O–H groups in total. The van der Waals surface area contributed by atoms with Gasteiger partial charge >= 0.3 is 0 Å². The van der Waals surface area contributed by atoms with Gasteiger partial charge in [-0.15, -0.1) is 0 Å². The Kier molecular flexibility index (Phi) is 1.84. The van der Waals surface area contributed by atoms with Crippen LogP contribution < -0.4 is 0 Å². The Morgan fingerprint density at radius 2 is 2.42 bits per heavy atom. The smallest absolute Gasteiger partial charge is 0.231 e. The topological polar surface area (TPSA) is 42.2 Å². The Morgan fingerprint density at radius 3 is 2.92 bits per heavy atom. The highest BCUT2D eigenvalue weighted by atomic mass is 16.5. The molecule has 4 heteroatoms. The van der Waals surface area contributed by atoms with Crippen LogP contribution in [0.4, 0.5) is 0 Å². The summed E-state index contributed by atoms with van der Waals surface area (Å²) in [5.74, 6) is 1.99. The van der Waals surface area contributed by atoms with Crippen LogP contribution in [0, 0.1) is 6.92 Å². The predicted octanol–water partition coefficient (Wildman–Crippen LogP) is 0.797. The molecule has 0 amide bonds. The lowest BCUT2D eigenvalue weighted by Gasteiger charge is -2.04. The molecule has 0 unspecified atom stereocenters.